The highest BCUT2D eigenvalue weighted by molar-refractivity contribution is 6.31. The molecule has 0 spiro atoms. The molecule has 0 saturated heterocycles. The van der Waals surface area contributed by atoms with Gasteiger partial charge in [0.1, 0.15) is 5.75 Å². The van der Waals surface area contributed by atoms with Gasteiger partial charge in [-0.2, -0.15) is 0 Å². The summed E-state index contributed by atoms with van der Waals surface area (Å²) in [5.74, 6) is -0.877. The first-order valence-electron chi connectivity index (χ1n) is 8.66. The lowest BCUT2D eigenvalue weighted by Gasteiger charge is -2.14. The molecule has 0 aliphatic carbocycles. The van der Waals surface area contributed by atoms with E-state index in [2.05, 4.69) is 10.6 Å². The summed E-state index contributed by atoms with van der Waals surface area (Å²) in [6.07, 6.45) is -0.0824. The van der Waals surface area contributed by atoms with Crippen LogP contribution in [0, 0.1) is 0 Å². The molecule has 0 saturated carbocycles. The van der Waals surface area contributed by atoms with E-state index in [1.54, 1.807) is 42.5 Å². The van der Waals surface area contributed by atoms with E-state index in [-0.39, 0.29) is 25.1 Å². The van der Waals surface area contributed by atoms with Crippen LogP contribution in [0.15, 0.2) is 42.5 Å². The summed E-state index contributed by atoms with van der Waals surface area (Å²) in [5, 5.41) is 5.65. The Hall–Kier alpha value is -3.06. The molecule has 0 unspecified atom stereocenters. The van der Waals surface area contributed by atoms with Gasteiger partial charge in [0.2, 0.25) is 5.91 Å². The fourth-order valence-corrected chi connectivity index (χ4v) is 2.53. The lowest BCUT2D eigenvalue weighted by Crippen LogP contribution is -2.33. The average molecular weight is 404 g/mol. The highest BCUT2D eigenvalue weighted by Crippen LogP contribution is 2.24. The maximum Gasteiger partial charge on any atom is 0.255 e. The van der Waals surface area contributed by atoms with Crippen LogP contribution in [0.1, 0.15) is 40.1 Å². The summed E-state index contributed by atoms with van der Waals surface area (Å²) < 4.78 is 5.66. The van der Waals surface area contributed by atoms with E-state index in [0.717, 1.165) is 5.56 Å². The van der Waals surface area contributed by atoms with Crippen LogP contribution in [0.5, 0.6) is 5.75 Å². The Labute approximate surface area is 168 Å². The van der Waals surface area contributed by atoms with Crippen molar-refractivity contribution in [3.63, 3.8) is 0 Å². The van der Waals surface area contributed by atoms with Gasteiger partial charge in [-0.3, -0.25) is 14.4 Å². The van der Waals surface area contributed by atoms with E-state index in [9.17, 15) is 14.4 Å². The number of carbonyl (C=O) groups is 3. The fraction of sp³-hybridized carbons (Fsp3) is 0.250. The van der Waals surface area contributed by atoms with E-state index in [1.807, 2.05) is 13.8 Å². The van der Waals surface area contributed by atoms with Gasteiger partial charge < -0.3 is 21.1 Å². The lowest BCUT2D eigenvalue weighted by atomic mass is 10.1. The number of ether oxygens (including phenoxy) is 1. The van der Waals surface area contributed by atoms with Gasteiger partial charge in [-0.15, -0.1) is 0 Å². The van der Waals surface area contributed by atoms with Gasteiger partial charge in [0.15, 0.2) is 0 Å². The van der Waals surface area contributed by atoms with Crippen molar-refractivity contribution < 1.29 is 19.1 Å². The number of rotatable bonds is 8. The molecule has 2 rings (SSSR count). The Morgan fingerprint density at radius 2 is 1.71 bits per heavy atom. The van der Waals surface area contributed by atoms with Crippen molar-refractivity contribution >= 4 is 29.3 Å². The van der Waals surface area contributed by atoms with Crippen molar-refractivity contribution in [1.29, 1.82) is 0 Å². The van der Waals surface area contributed by atoms with Crippen molar-refractivity contribution in [2.75, 3.05) is 6.54 Å². The van der Waals surface area contributed by atoms with Crippen LogP contribution in [0.4, 0.5) is 0 Å². The molecular weight excluding hydrogens is 382 g/mol. The zero-order valence-electron chi connectivity index (χ0n) is 15.6. The minimum absolute atomic E-state index is 0.0824. The van der Waals surface area contributed by atoms with Gasteiger partial charge in [0, 0.05) is 17.1 Å². The monoisotopic (exact) mass is 403 g/mol. The Bertz CT molecular complexity index is 866. The number of hydrogen-bond donors (Lipinski definition) is 3. The molecule has 0 bridgehead atoms. The number of primary amides is 1. The first kappa shape index (κ1) is 21.2. The molecule has 8 heteroatoms. The Kier molecular flexibility index (Phi) is 7.40. The number of benzene rings is 2. The van der Waals surface area contributed by atoms with Crippen molar-refractivity contribution in [2.24, 2.45) is 5.73 Å². The summed E-state index contributed by atoms with van der Waals surface area (Å²) in [6.45, 7) is 3.78. The average Bonchev–Trinajstić information content (AvgIpc) is 2.65. The predicted molar refractivity (Wildman–Crippen MR) is 106 cm³/mol. The highest BCUT2D eigenvalue weighted by Gasteiger charge is 2.14. The smallest absolute Gasteiger partial charge is 0.255 e. The second-order valence-electron chi connectivity index (χ2n) is 6.34. The summed E-state index contributed by atoms with van der Waals surface area (Å²) in [4.78, 5) is 35.1. The van der Waals surface area contributed by atoms with E-state index in [1.165, 1.54) is 0 Å². The largest absolute Gasteiger partial charge is 0.490 e. The van der Waals surface area contributed by atoms with Gasteiger partial charge in [-0.25, -0.2) is 0 Å². The number of halogens is 1. The third-order valence-electron chi connectivity index (χ3n) is 3.64. The molecular formula is C20H22ClN3O4. The molecule has 2 aromatic rings. The molecule has 0 atom stereocenters. The van der Waals surface area contributed by atoms with Crippen molar-refractivity contribution in [3.8, 4) is 5.75 Å². The number of nitrogens with two attached hydrogens (primary N) is 1. The highest BCUT2D eigenvalue weighted by atomic mass is 35.5. The minimum Gasteiger partial charge on any atom is -0.490 e. The molecule has 0 aliphatic heterocycles. The van der Waals surface area contributed by atoms with Gasteiger partial charge in [-0.1, -0.05) is 23.7 Å². The molecule has 2 aromatic carbocycles. The normalized spacial score (nSPS) is 10.4. The van der Waals surface area contributed by atoms with Gasteiger partial charge in [0.05, 0.1) is 18.2 Å². The van der Waals surface area contributed by atoms with Crippen LogP contribution < -0.4 is 21.1 Å². The summed E-state index contributed by atoms with van der Waals surface area (Å²) >= 11 is 6.00. The number of nitrogens with one attached hydrogen (secondary N) is 2. The van der Waals surface area contributed by atoms with Crippen molar-refractivity contribution in [1.82, 2.24) is 10.6 Å². The zero-order valence-corrected chi connectivity index (χ0v) is 16.4. The second-order valence-corrected chi connectivity index (χ2v) is 6.77. The van der Waals surface area contributed by atoms with Gasteiger partial charge in [-0.05, 0) is 49.7 Å². The molecule has 4 N–H and O–H groups in total. The topological polar surface area (TPSA) is 111 Å². The molecule has 0 fully saturated rings. The maximum absolute atomic E-state index is 12.5. The van der Waals surface area contributed by atoms with Gasteiger partial charge >= 0.3 is 0 Å². The van der Waals surface area contributed by atoms with E-state index in [4.69, 9.17) is 22.1 Å². The molecule has 148 valence electrons. The van der Waals surface area contributed by atoms with Crippen molar-refractivity contribution in [2.45, 2.75) is 26.5 Å². The molecule has 0 aromatic heterocycles. The second kappa shape index (κ2) is 9.75. The molecule has 7 nitrogen and oxygen atoms in total. The van der Waals surface area contributed by atoms with Crippen LogP contribution in [0.25, 0.3) is 0 Å². The molecule has 3 amide bonds. The fourth-order valence-electron chi connectivity index (χ4n) is 2.36. The maximum atomic E-state index is 12.5. The Morgan fingerprint density at radius 3 is 2.32 bits per heavy atom. The molecule has 0 radical (unpaired) electrons. The van der Waals surface area contributed by atoms with Crippen molar-refractivity contribution in [3.05, 3.63) is 64.2 Å². The Balaban J connectivity index is 2.00. The third kappa shape index (κ3) is 6.28. The van der Waals surface area contributed by atoms with E-state index in [0.29, 0.717) is 21.9 Å². The molecule has 0 aliphatic rings. The first-order valence-corrected chi connectivity index (χ1v) is 9.04. The summed E-state index contributed by atoms with van der Waals surface area (Å²) in [6, 6.07) is 11.5. The number of amides is 3. The molecule has 28 heavy (non-hydrogen) atoms. The number of carbonyl (C=O) groups excluding carboxylic acids is 3. The van der Waals surface area contributed by atoms with Crippen LogP contribution in [-0.4, -0.2) is 30.4 Å². The SMILES string of the molecule is CC(C)Oc1ccc(Cl)cc1C(=O)NCc1ccc(C(=O)NCC(N)=O)cc1. The van der Waals surface area contributed by atoms with Gasteiger partial charge in [0.25, 0.3) is 11.8 Å². The van der Waals surface area contributed by atoms with E-state index < -0.39 is 11.8 Å². The summed E-state index contributed by atoms with van der Waals surface area (Å²) in [7, 11) is 0. The first-order chi connectivity index (χ1) is 13.3. The van der Waals surface area contributed by atoms with E-state index >= 15 is 0 Å². The van der Waals surface area contributed by atoms with Crippen LogP contribution in [-0.2, 0) is 11.3 Å². The number of hydrogen-bond acceptors (Lipinski definition) is 4. The Morgan fingerprint density at radius 1 is 1.04 bits per heavy atom. The third-order valence-corrected chi connectivity index (χ3v) is 3.88. The lowest BCUT2D eigenvalue weighted by molar-refractivity contribution is -0.117. The molecule has 0 heterocycles. The zero-order chi connectivity index (χ0) is 20.7. The predicted octanol–water partition coefficient (Wildman–Crippen LogP) is 2.27. The summed E-state index contributed by atoms with van der Waals surface area (Å²) in [5.41, 5.74) is 6.53. The van der Waals surface area contributed by atoms with Crippen LogP contribution in [0.2, 0.25) is 5.02 Å². The standard InChI is InChI=1S/C20H22ClN3O4/c1-12(2)28-17-8-7-15(21)9-16(17)20(27)23-10-13-3-5-14(6-4-13)19(26)24-11-18(22)25/h3-9,12H,10-11H2,1-2H3,(H2,22,25)(H,23,27)(H,24,26). The minimum atomic E-state index is -0.616. The quantitative estimate of drug-likeness (QED) is 0.627. The van der Waals surface area contributed by atoms with Crippen LogP contribution in [0.3, 0.4) is 0 Å². The van der Waals surface area contributed by atoms with Crippen LogP contribution >= 0.6 is 11.6 Å².